The van der Waals surface area contributed by atoms with Crippen LogP contribution in [0.4, 0.5) is 17.6 Å². The largest absolute Gasteiger partial charge is 0.342 e. The second-order valence-electron chi connectivity index (χ2n) is 5.73. The number of aliphatic imine (C=N–C) groups is 1. The molecule has 0 radical (unpaired) electrons. The molecule has 2 aliphatic rings. The van der Waals surface area contributed by atoms with Gasteiger partial charge in [0.2, 0.25) is 0 Å². The number of aromatic nitrogens is 1. The lowest BCUT2D eigenvalue weighted by atomic mass is 9.87. The van der Waals surface area contributed by atoms with Crippen LogP contribution in [0.25, 0.3) is 0 Å². The third-order valence-corrected chi connectivity index (χ3v) is 4.97. The first-order chi connectivity index (χ1) is 11.3. The molecule has 1 aliphatic carbocycles. The van der Waals surface area contributed by atoms with Crippen molar-refractivity contribution >= 4 is 17.2 Å². The molecule has 1 N–H and O–H groups in total. The summed E-state index contributed by atoms with van der Waals surface area (Å²) in [6.07, 6.45) is 0.0885. The van der Waals surface area contributed by atoms with Crippen LogP contribution in [0.2, 0.25) is 0 Å². The van der Waals surface area contributed by atoms with Crippen LogP contribution in [0.15, 0.2) is 46.5 Å². The average molecular weight is 353 g/mol. The van der Waals surface area contributed by atoms with Gasteiger partial charge in [0.15, 0.2) is 22.6 Å². The lowest BCUT2D eigenvalue weighted by Gasteiger charge is -2.34. The summed E-state index contributed by atoms with van der Waals surface area (Å²) >= 11 is 1.23. The van der Waals surface area contributed by atoms with Gasteiger partial charge in [-0.3, -0.25) is 0 Å². The second kappa shape index (κ2) is 4.89. The molecule has 4 rings (SSSR count). The predicted molar refractivity (Wildman–Crippen MR) is 82.4 cm³/mol. The number of benzene rings is 1. The molecule has 2 aromatic rings. The number of thiazole rings is 1. The minimum atomic E-state index is -3.84. The Morgan fingerprint density at radius 3 is 2.79 bits per heavy atom. The standard InChI is InChI=1S/C16H11F4N3S/c1-8-7-15(23-13(22-8)14-21-4-5-24-14)11-3-2-9(17)6-10(11)12(18)16(15,19)20/h2-7,12H,1H3,(H,22,23). The van der Waals surface area contributed by atoms with Crippen LogP contribution in [0.3, 0.4) is 0 Å². The first kappa shape index (κ1) is 15.3. The predicted octanol–water partition coefficient (Wildman–Crippen LogP) is 4.09. The van der Waals surface area contributed by atoms with E-state index < -0.39 is 23.5 Å². The second-order valence-corrected chi connectivity index (χ2v) is 6.63. The molecule has 2 unspecified atom stereocenters. The number of halogens is 4. The fourth-order valence-electron chi connectivity index (χ4n) is 3.18. The fourth-order valence-corrected chi connectivity index (χ4v) is 3.76. The number of nitrogens with one attached hydrogen (secondary N) is 1. The summed E-state index contributed by atoms with van der Waals surface area (Å²) in [6, 6.07) is 3.03. The van der Waals surface area contributed by atoms with Crippen molar-refractivity contribution in [2.45, 2.75) is 24.6 Å². The summed E-state index contributed by atoms with van der Waals surface area (Å²) in [6.45, 7) is 1.59. The van der Waals surface area contributed by atoms with Crippen molar-refractivity contribution in [3.63, 3.8) is 0 Å². The molecule has 1 aliphatic heterocycles. The van der Waals surface area contributed by atoms with Crippen molar-refractivity contribution in [3.05, 3.63) is 63.5 Å². The Morgan fingerprint density at radius 1 is 1.29 bits per heavy atom. The minimum Gasteiger partial charge on any atom is -0.342 e. The smallest absolute Gasteiger partial charge is 0.315 e. The monoisotopic (exact) mass is 353 g/mol. The highest BCUT2D eigenvalue weighted by molar-refractivity contribution is 7.11. The summed E-state index contributed by atoms with van der Waals surface area (Å²) in [4.78, 5) is 8.21. The maximum Gasteiger partial charge on any atom is 0.315 e. The zero-order valence-electron chi connectivity index (χ0n) is 12.4. The number of allylic oxidation sites excluding steroid dienone is 1. The van der Waals surface area contributed by atoms with E-state index >= 15 is 0 Å². The number of hydrogen-bond donors (Lipinski definition) is 1. The van der Waals surface area contributed by atoms with E-state index in [9.17, 15) is 17.6 Å². The zero-order valence-corrected chi connectivity index (χ0v) is 13.2. The van der Waals surface area contributed by atoms with Crippen LogP contribution in [-0.4, -0.2) is 16.7 Å². The Kier molecular flexibility index (Phi) is 3.12. The topological polar surface area (TPSA) is 37.3 Å². The first-order valence-corrected chi connectivity index (χ1v) is 8.01. The lowest BCUT2D eigenvalue weighted by Crippen LogP contribution is -2.45. The summed E-state index contributed by atoms with van der Waals surface area (Å²) in [5, 5.41) is 5.00. The summed E-state index contributed by atoms with van der Waals surface area (Å²) in [5.74, 6) is -4.45. The van der Waals surface area contributed by atoms with Gasteiger partial charge in [-0.25, -0.2) is 18.8 Å². The Hall–Kier alpha value is -2.22. The van der Waals surface area contributed by atoms with Crippen LogP contribution in [0, 0.1) is 5.82 Å². The number of rotatable bonds is 1. The number of amidine groups is 1. The van der Waals surface area contributed by atoms with Crippen molar-refractivity contribution in [3.8, 4) is 0 Å². The van der Waals surface area contributed by atoms with Gasteiger partial charge in [0, 0.05) is 22.8 Å². The van der Waals surface area contributed by atoms with Gasteiger partial charge in [-0.1, -0.05) is 6.07 Å². The van der Waals surface area contributed by atoms with Crippen LogP contribution >= 0.6 is 11.3 Å². The Balaban J connectivity index is 2.00. The number of nitrogens with zero attached hydrogens (tertiary/aromatic N) is 2. The van der Waals surface area contributed by atoms with E-state index in [2.05, 4.69) is 15.3 Å². The van der Waals surface area contributed by atoms with Gasteiger partial charge in [-0.05, 0) is 30.7 Å². The molecule has 0 fully saturated rings. The molecule has 8 heteroatoms. The Labute approximate surface area is 138 Å². The highest BCUT2D eigenvalue weighted by Crippen LogP contribution is 2.59. The number of alkyl halides is 3. The van der Waals surface area contributed by atoms with E-state index in [1.165, 1.54) is 29.7 Å². The number of hydrogen-bond acceptors (Lipinski definition) is 4. The number of fused-ring (bicyclic) bond motifs is 2. The van der Waals surface area contributed by atoms with Crippen molar-refractivity contribution in [1.29, 1.82) is 0 Å². The van der Waals surface area contributed by atoms with Gasteiger partial charge in [0.1, 0.15) is 5.82 Å². The van der Waals surface area contributed by atoms with Crippen LogP contribution < -0.4 is 5.32 Å². The Bertz CT molecular complexity index is 875. The van der Waals surface area contributed by atoms with Crippen molar-refractivity contribution in [2.75, 3.05) is 0 Å². The van der Waals surface area contributed by atoms with Gasteiger partial charge < -0.3 is 5.32 Å². The SMILES string of the molecule is CC1=CC2(N=C(c3nccs3)N1)c1ccc(F)cc1C(F)C2(F)F. The maximum absolute atomic E-state index is 14.9. The third kappa shape index (κ3) is 1.89. The van der Waals surface area contributed by atoms with Crippen molar-refractivity contribution in [2.24, 2.45) is 4.99 Å². The highest BCUT2D eigenvalue weighted by atomic mass is 32.1. The summed E-state index contributed by atoms with van der Waals surface area (Å²) < 4.78 is 57.7. The molecule has 2 atom stereocenters. The molecule has 3 nitrogen and oxygen atoms in total. The highest BCUT2D eigenvalue weighted by Gasteiger charge is 2.67. The molecular weight excluding hydrogens is 342 g/mol. The van der Waals surface area contributed by atoms with Crippen molar-refractivity contribution < 1.29 is 17.6 Å². The zero-order chi connectivity index (χ0) is 17.1. The van der Waals surface area contributed by atoms with E-state index in [-0.39, 0.29) is 17.0 Å². The molecule has 1 aromatic carbocycles. The van der Waals surface area contributed by atoms with E-state index in [4.69, 9.17) is 0 Å². The molecule has 2 heterocycles. The normalized spacial score (nSPS) is 27.5. The molecule has 0 saturated heterocycles. The van der Waals surface area contributed by atoms with Gasteiger partial charge in [0.05, 0.1) is 0 Å². The van der Waals surface area contributed by atoms with Crippen LogP contribution in [0.5, 0.6) is 0 Å². The van der Waals surface area contributed by atoms with E-state index in [1.54, 1.807) is 12.3 Å². The quantitative estimate of drug-likeness (QED) is 0.784. The molecule has 24 heavy (non-hydrogen) atoms. The van der Waals surface area contributed by atoms with Gasteiger partial charge >= 0.3 is 5.92 Å². The molecule has 1 aromatic heterocycles. The summed E-state index contributed by atoms with van der Waals surface area (Å²) in [5.41, 5.74) is -2.21. The minimum absolute atomic E-state index is 0.0312. The average Bonchev–Trinajstić information content (AvgIpc) is 3.11. The maximum atomic E-state index is 14.9. The molecule has 0 amide bonds. The fraction of sp³-hybridized carbons (Fsp3) is 0.250. The molecule has 0 saturated carbocycles. The first-order valence-electron chi connectivity index (χ1n) is 7.13. The molecule has 1 spiro atoms. The third-order valence-electron chi connectivity index (χ3n) is 4.19. The Morgan fingerprint density at radius 2 is 2.08 bits per heavy atom. The van der Waals surface area contributed by atoms with Gasteiger partial charge in [-0.2, -0.15) is 8.78 Å². The van der Waals surface area contributed by atoms with Gasteiger partial charge in [0.25, 0.3) is 0 Å². The van der Waals surface area contributed by atoms with Gasteiger partial charge in [-0.15, -0.1) is 11.3 Å². The van der Waals surface area contributed by atoms with E-state index in [0.29, 0.717) is 10.7 Å². The summed E-state index contributed by atoms with van der Waals surface area (Å²) in [7, 11) is 0. The van der Waals surface area contributed by atoms with Crippen LogP contribution in [0.1, 0.15) is 29.2 Å². The lowest BCUT2D eigenvalue weighted by molar-refractivity contribution is -0.105. The molecular formula is C16H11F4N3S. The van der Waals surface area contributed by atoms with E-state index in [0.717, 1.165) is 12.1 Å². The van der Waals surface area contributed by atoms with Crippen molar-refractivity contribution in [1.82, 2.24) is 10.3 Å². The molecule has 0 bridgehead atoms. The van der Waals surface area contributed by atoms with E-state index in [1.807, 2.05) is 0 Å². The molecule has 124 valence electrons. The van der Waals surface area contributed by atoms with Crippen LogP contribution in [-0.2, 0) is 5.54 Å².